The highest BCUT2D eigenvalue weighted by molar-refractivity contribution is 7.90. The molecule has 0 heterocycles. The number of carbonyl (C=O) groups is 1. The number of esters is 1. The Labute approximate surface area is 119 Å². The maximum Gasteiger partial charge on any atom is 0.328 e. The van der Waals surface area contributed by atoms with E-state index >= 15 is 0 Å². The van der Waals surface area contributed by atoms with E-state index in [9.17, 15) is 13.2 Å². The number of nitrogens with one attached hydrogen (secondary N) is 1. The average Bonchev–Trinajstić information content (AvgIpc) is 3.00. The first-order valence-corrected chi connectivity index (χ1v) is 8.23. The van der Waals surface area contributed by atoms with Gasteiger partial charge in [0.1, 0.15) is 6.04 Å². The van der Waals surface area contributed by atoms with E-state index in [-0.39, 0.29) is 0 Å². The lowest BCUT2D eigenvalue weighted by molar-refractivity contribution is -0.142. The molecular formula is C14H19NO4S. The average molecular weight is 297 g/mol. The molecule has 2 rings (SSSR count). The van der Waals surface area contributed by atoms with Crippen molar-refractivity contribution in [1.29, 1.82) is 0 Å². The van der Waals surface area contributed by atoms with Crippen LogP contribution in [0.15, 0.2) is 30.3 Å². The number of sulfonamides is 1. The van der Waals surface area contributed by atoms with Gasteiger partial charge in [0.25, 0.3) is 0 Å². The molecule has 0 amide bonds. The van der Waals surface area contributed by atoms with Crippen LogP contribution in [-0.2, 0) is 19.6 Å². The molecule has 6 heteroatoms. The molecule has 1 atom stereocenters. The lowest BCUT2D eigenvalue weighted by Gasteiger charge is -2.19. The summed E-state index contributed by atoms with van der Waals surface area (Å²) in [6.07, 6.45) is 3.13. The van der Waals surface area contributed by atoms with Crippen molar-refractivity contribution in [1.82, 2.24) is 4.72 Å². The van der Waals surface area contributed by atoms with Crippen LogP contribution < -0.4 is 4.72 Å². The minimum atomic E-state index is -3.51. The molecule has 110 valence electrons. The van der Waals surface area contributed by atoms with Crippen molar-refractivity contribution in [3.63, 3.8) is 0 Å². The maximum absolute atomic E-state index is 12.3. The van der Waals surface area contributed by atoms with Crippen molar-refractivity contribution in [2.45, 2.75) is 37.0 Å². The third kappa shape index (κ3) is 3.37. The Morgan fingerprint density at radius 3 is 2.40 bits per heavy atom. The molecule has 0 radical (unpaired) electrons. The van der Waals surface area contributed by atoms with E-state index in [0.29, 0.717) is 18.4 Å². The molecule has 1 saturated carbocycles. The molecule has 0 saturated heterocycles. The SMILES string of the molecule is COC(=O)C(NS(=O)(=O)C1CCCC1)c1ccccc1. The molecule has 1 aromatic carbocycles. The van der Waals surface area contributed by atoms with Crippen LogP contribution in [0.25, 0.3) is 0 Å². The number of hydrogen-bond acceptors (Lipinski definition) is 4. The van der Waals surface area contributed by atoms with E-state index in [0.717, 1.165) is 12.8 Å². The van der Waals surface area contributed by atoms with Gasteiger partial charge in [-0.05, 0) is 18.4 Å². The lowest BCUT2D eigenvalue weighted by Crippen LogP contribution is -2.39. The fourth-order valence-corrected chi connectivity index (χ4v) is 4.18. The smallest absolute Gasteiger partial charge is 0.328 e. The van der Waals surface area contributed by atoms with Gasteiger partial charge in [-0.3, -0.25) is 0 Å². The number of rotatable bonds is 5. The molecule has 1 unspecified atom stereocenters. The van der Waals surface area contributed by atoms with Crippen molar-refractivity contribution in [2.24, 2.45) is 0 Å². The van der Waals surface area contributed by atoms with Gasteiger partial charge in [-0.25, -0.2) is 13.2 Å². The number of hydrogen-bond donors (Lipinski definition) is 1. The second kappa shape index (κ2) is 6.37. The molecule has 0 aromatic heterocycles. The molecular weight excluding hydrogens is 278 g/mol. The van der Waals surface area contributed by atoms with E-state index < -0.39 is 27.3 Å². The van der Waals surface area contributed by atoms with Crippen LogP contribution in [0.3, 0.4) is 0 Å². The zero-order chi connectivity index (χ0) is 14.6. The van der Waals surface area contributed by atoms with Crippen LogP contribution in [0.1, 0.15) is 37.3 Å². The summed E-state index contributed by atoms with van der Waals surface area (Å²) in [5, 5.41) is -0.404. The molecule has 20 heavy (non-hydrogen) atoms. The van der Waals surface area contributed by atoms with Crippen molar-refractivity contribution in [3.05, 3.63) is 35.9 Å². The van der Waals surface area contributed by atoms with Gasteiger partial charge in [0.2, 0.25) is 10.0 Å². The summed E-state index contributed by atoms with van der Waals surface area (Å²) >= 11 is 0. The van der Waals surface area contributed by atoms with Gasteiger partial charge >= 0.3 is 5.97 Å². The Kier molecular flexibility index (Phi) is 4.77. The summed E-state index contributed by atoms with van der Waals surface area (Å²) in [4.78, 5) is 11.9. The highest BCUT2D eigenvalue weighted by Gasteiger charge is 2.33. The molecule has 1 aliphatic rings. The molecule has 5 nitrogen and oxygen atoms in total. The Hall–Kier alpha value is -1.40. The van der Waals surface area contributed by atoms with Crippen LogP contribution in [0.5, 0.6) is 0 Å². The third-order valence-corrected chi connectivity index (χ3v) is 5.51. The topological polar surface area (TPSA) is 72.5 Å². The van der Waals surface area contributed by atoms with E-state index in [1.807, 2.05) is 6.07 Å². The molecule has 0 spiro atoms. The van der Waals surface area contributed by atoms with E-state index in [1.54, 1.807) is 24.3 Å². The zero-order valence-corrected chi connectivity index (χ0v) is 12.2. The minimum absolute atomic E-state index is 0.404. The summed E-state index contributed by atoms with van der Waals surface area (Å²) in [5.41, 5.74) is 0.584. The Morgan fingerprint density at radius 1 is 1.25 bits per heavy atom. The Morgan fingerprint density at radius 2 is 1.85 bits per heavy atom. The van der Waals surface area contributed by atoms with Crippen LogP contribution in [0.2, 0.25) is 0 Å². The molecule has 1 aliphatic carbocycles. The minimum Gasteiger partial charge on any atom is -0.468 e. The predicted molar refractivity (Wildman–Crippen MR) is 75.5 cm³/mol. The quantitative estimate of drug-likeness (QED) is 0.841. The summed E-state index contributed by atoms with van der Waals surface area (Å²) in [7, 11) is -2.26. The van der Waals surface area contributed by atoms with E-state index in [1.165, 1.54) is 7.11 Å². The number of carbonyl (C=O) groups excluding carboxylic acids is 1. The van der Waals surface area contributed by atoms with Crippen molar-refractivity contribution in [3.8, 4) is 0 Å². The standard InChI is InChI=1S/C14H19NO4S/c1-19-14(16)13(11-7-3-2-4-8-11)15-20(17,18)12-9-5-6-10-12/h2-4,7-8,12-13,15H,5-6,9-10H2,1H3. The third-order valence-electron chi connectivity index (χ3n) is 3.59. The lowest BCUT2D eigenvalue weighted by atomic mass is 10.1. The second-order valence-electron chi connectivity index (χ2n) is 4.94. The van der Waals surface area contributed by atoms with Gasteiger partial charge in [0, 0.05) is 0 Å². The molecule has 0 aliphatic heterocycles. The Balaban J connectivity index is 2.22. The first kappa shape index (κ1) is 15.0. The van der Waals surface area contributed by atoms with Gasteiger partial charge in [0.05, 0.1) is 12.4 Å². The van der Waals surface area contributed by atoms with Crippen LogP contribution in [-0.4, -0.2) is 26.7 Å². The van der Waals surface area contributed by atoms with Crippen molar-refractivity contribution >= 4 is 16.0 Å². The van der Waals surface area contributed by atoms with Gasteiger partial charge in [-0.1, -0.05) is 43.2 Å². The van der Waals surface area contributed by atoms with Gasteiger partial charge < -0.3 is 4.74 Å². The first-order valence-electron chi connectivity index (χ1n) is 6.68. The van der Waals surface area contributed by atoms with Gasteiger partial charge in [-0.15, -0.1) is 0 Å². The van der Waals surface area contributed by atoms with E-state index in [2.05, 4.69) is 4.72 Å². The van der Waals surface area contributed by atoms with Crippen molar-refractivity contribution < 1.29 is 17.9 Å². The number of methoxy groups -OCH3 is 1. The van der Waals surface area contributed by atoms with Crippen LogP contribution >= 0.6 is 0 Å². The molecule has 1 N–H and O–H groups in total. The summed E-state index contributed by atoms with van der Waals surface area (Å²) in [5.74, 6) is -0.599. The van der Waals surface area contributed by atoms with E-state index in [4.69, 9.17) is 4.74 Å². The second-order valence-corrected chi connectivity index (χ2v) is 6.93. The summed E-state index contributed by atoms with van der Waals surface area (Å²) in [6.45, 7) is 0. The predicted octanol–water partition coefficient (Wildman–Crippen LogP) is 1.76. The fourth-order valence-electron chi connectivity index (χ4n) is 2.47. The first-order chi connectivity index (χ1) is 9.54. The van der Waals surface area contributed by atoms with Crippen LogP contribution in [0.4, 0.5) is 0 Å². The fraction of sp³-hybridized carbons (Fsp3) is 0.500. The van der Waals surface area contributed by atoms with Gasteiger partial charge in [0.15, 0.2) is 0 Å². The highest BCUT2D eigenvalue weighted by atomic mass is 32.2. The number of ether oxygens (including phenoxy) is 1. The highest BCUT2D eigenvalue weighted by Crippen LogP contribution is 2.26. The van der Waals surface area contributed by atoms with Gasteiger partial charge in [-0.2, -0.15) is 4.72 Å². The normalized spacial score (nSPS) is 17.9. The summed E-state index contributed by atoms with van der Waals surface area (Å²) < 4.78 is 31.8. The Bertz CT molecular complexity index is 550. The largest absolute Gasteiger partial charge is 0.468 e. The monoisotopic (exact) mass is 297 g/mol. The van der Waals surface area contributed by atoms with Crippen molar-refractivity contribution in [2.75, 3.05) is 7.11 Å². The number of benzene rings is 1. The zero-order valence-electron chi connectivity index (χ0n) is 11.4. The summed E-state index contributed by atoms with van der Waals surface area (Å²) in [6, 6.07) is 7.76. The maximum atomic E-state index is 12.3. The molecule has 1 aromatic rings. The molecule has 0 bridgehead atoms. The van der Waals surface area contributed by atoms with Crippen LogP contribution in [0, 0.1) is 0 Å². The molecule has 1 fully saturated rings.